The molecule has 82 valence electrons. The topological polar surface area (TPSA) is 25.8 Å². The lowest BCUT2D eigenvalue weighted by atomic mass is 10.4. The van der Waals surface area contributed by atoms with Gasteiger partial charge in [-0.05, 0) is 34.1 Å². The van der Waals surface area contributed by atoms with Crippen molar-refractivity contribution in [1.29, 1.82) is 0 Å². The Bertz CT molecular complexity index is 493. The van der Waals surface area contributed by atoms with Crippen molar-refractivity contribution >= 4 is 39.3 Å². The molecular formula is C11H8BrClN2S. The summed E-state index contributed by atoms with van der Waals surface area (Å²) in [5, 5.41) is 0.484. The molecule has 0 spiro atoms. The fraction of sp³-hybridized carbons (Fsp3) is 0.0909. The molecule has 0 bridgehead atoms. The van der Waals surface area contributed by atoms with Crippen molar-refractivity contribution in [3.63, 3.8) is 0 Å². The van der Waals surface area contributed by atoms with Gasteiger partial charge in [-0.3, -0.25) is 0 Å². The van der Waals surface area contributed by atoms with Crippen molar-refractivity contribution in [1.82, 2.24) is 9.97 Å². The first kappa shape index (κ1) is 11.9. The largest absolute Gasteiger partial charge is 0.240 e. The first-order chi connectivity index (χ1) is 7.75. The highest BCUT2D eigenvalue weighted by Gasteiger charge is 2.02. The number of benzene rings is 1. The van der Waals surface area contributed by atoms with Gasteiger partial charge in [0.2, 0.25) is 0 Å². The van der Waals surface area contributed by atoms with Gasteiger partial charge in [-0.1, -0.05) is 23.7 Å². The summed E-state index contributed by atoms with van der Waals surface area (Å²) in [4.78, 5) is 9.46. The van der Waals surface area contributed by atoms with Crippen molar-refractivity contribution in [3.05, 3.63) is 52.0 Å². The van der Waals surface area contributed by atoms with E-state index in [2.05, 4.69) is 32.0 Å². The van der Waals surface area contributed by atoms with Gasteiger partial charge in [0, 0.05) is 15.6 Å². The lowest BCUT2D eigenvalue weighted by Crippen LogP contribution is -1.91. The number of hydrogen-bond acceptors (Lipinski definition) is 3. The Balaban J connectivity index is 2.05. The molecule has 2 nitrogen and oxygen atoms in total. The number of rotatable bonds is 3. The molecule has 16 heavy (non-hydrogen) atoms. The van der Waals surface area contributed by atoms with Crippen LogP contribution in [-0.2, 0) is 5.75 Å². The van der Waals surface area contributed by atoms with Gasteiger partial charge in [-0.25, -0.2) is 9.97 Å². The maximum absolute atomic E-state index is 5.79. The van der Waals surface area contributed by atoms with Crippen LogP contribution in [-0.4, -0.2) is 9.97 Å². The highest BCUT2D eigenvalue weighted by Crippen LogP contribution is 2.28. The van der Waals surface area contributed by atoms with Crippen LogP contribution in [0.5, 0.6) is 0 Å². The van der Waals surface area contributed by atoms with Gasteiger partial charge in [0.05, 0.1) is 5.75 Å². The molecule has 2 aromatic rings. The second-order valence-corrected chi connectivity index (χ2v) is 5.27. The predicted molar refractivity (Wildman–Crippen MR) is 70.7 cm³/mol. The second-order valence-electron chi connectivity index (χ2n) is 3.01. The number of nitrogens with zero attached hydrogens (tertiary/aromatic N) is 2. The van der Waals surface area contributed by atoms with E-state index in [0.717, 1.165) is 10.3 Å². The number of aromatic nitrogens is 2. The second kappa shape index (κ2) is 5.66. The number of halogens is 2. The molecule has 1 aromatic carbocycles. The van der Waals surface area contributed by atoms with Gasteiger partial charge in [0.15, 0.2) is 0 Å². The van der Waals surface area contributed by atoms with E-state index in [0.29, 0.717) is 10.9 Å². The molecule has 0 aliphatic rings. The van der Waals surface area contributed by atoms with E-state index < -0.39 is 0 Å². The van der Waals surface area contributed by atoms with Crippen molar-refractivity contribution < 1.29 is 0 Å². The minimum absolute atomic E-state index is 0.484. The van der Waals surface area contributed by atoms with Crippen LogP contribution in [0.3, 0.4) is 0 Å². The smallest absolute Gasteiger partial charge is 0.140 e. The highest BCUT2D eigenvalue weighted by atomic mass is 79.9. The minimum atomic E-state index is 0.484. The lowest BCUT2D eigenvalue weighted by Gasteiger charge is -2.03. The fourth-order valence-electron chi connectivity index (χ4n) is 1.15. The van der Waals surface area contributed by atoms with Crippen LogP contribution in [0.15, 0.2) is 45.9 Å². The molecular weight excluding hydrogens is 308 g/mol. The molecule has 0 fully saturated rings. The summed E-state index contributed by atoms with van der Waals surface area (Å²) in [5.74, 6) is 1.46. The Kier molecular flexibility index (Phi) is 4.21. The van der Waals surface area contributed by atoms with Crippen LogP contribution < -0.4 is 0 Å². The van der Waals surface area contributed by atoms with Gasteiger partial charge >= 0.3 is 0 Å². The van der Waals surface area contributed by atoms with Crippen LogP contribution in [0.25, 0.3) is 0 Å². The third-order valence-electron chi connectivity index (χ3n) is 1.86. The maximum atomic E-state index is 5.79. The van der Waals surface area contributed by atoms with Gasteiger partial charge in [0.1, 0.15) is 11.0 Å². The third kappa shape index (κ3) is 3.20. The Morgan fingerprint density at radius 3 is 2.81 bits per heavy atom. The zero-order valence-electron chi connectivity index (χ0n) is 8.23. The van der Waals surface area contributed by atoms with Crippen LogP contribution in [0.1, 0.15) is 5.82 Å². The van der Waals surface area contributed by atoms with Crippen LogP contribution in [0, 0.1) is 0 Å². The van der Waals surface area contributed by atoms with E-state index in [1.807, 2.05) is 18.2 Å². The Morgan fingerprint density at radius 1 is 1.25 bits per heavy atom. The summed E-state index contributed by atoms with van der Waals surface area (Å²) in [6.45, 7) is 0. The van der Waals surface area contributed by atoms with Crippen LogP contribution >= 0.6 is 39.3 Å². The Hall–Kier alpha value is -0.580. The van der Waals surface area contributed by atoms with E-state index in [1.54, 1.807) is 24.0 Å². The average molecular weight is 316 g/mol. The summed E-state index contributed by atoms with van der Waals surface area (Å²) in [6.07, 6.45) is 1.67. The standard InChI is InChI=1S/C11H8BrClN2S/c12-8-3-1-2-4-9(8)16-7-11-14-6-5-10(13)15-11/h1-6H,7H2. The van der Waals surface area contributed by atoms with E-state index in [4.69, 9.17) is 11.6 Å². The van der Waals surface area contributed by atoms with Crippen molar-refractivity contribution in [3.8, 4) is 0 Å². The molecule has 0 saturated carbocycles. The maximum Gasteiger partial charge on any atom is 0.140 e. The molecule has 0 aliphatic heterocycles. The molecule has 2 rings (SSSR count). The fourth-order valence-corrected chi connectivity index (χ4v) is 2.73. The normalized spacial score (nSPS) is 10.4. The van der Waals surface area contributed by atoms with Crippen molar-refractivity contribution in [2.24, 2.45) is 0 Å². The van der Waals surface area contributed by atoms with Gasteiger partial charge < -0.3 is 0 Å². The van der Waals surface area contributed by atoms with E-state index in [9.17, 15) is 0 Å². The minimum Gasteiger partial charge on any atom is -0.240 e. The van der Waals surface area contributed by atoms with Crippen LogP contribution in [0.2, 0.25) is 5.15 Å². The zero-order chi connectivity index (χ0) is 11.4. The Labute approximate surface area is 112 Å². The molecule has 0 amide bonds. The monoisotopic (exact) mass is 314 g/mol. The van der Waals surface area contributed by atoms with Crippen molar-refractivity contribution in [2.45, 2.75) is 10.6 Å². The molecule has 5 heteroatoms. The molecule has 0 atom stereocenters. The summed E-state index contributed by atoms with van der Waals surface area (Å²) >= 11 is 11.0. The molecule has 0 N–H and O–H groups in total. The molecule has 0 unspecified atom stereocenters. The summed E-state index contributed by atoms with van der Waals surface area (Å²) < 4.78 is 1.09. The quantitative estimate of drug-likeness (QED) is 0.627. The lowest BCUT2D eigenvalue weighted by molar-refractivity contribution is 1.03. The summed E-state index contributed by atoms with van der Waals surface area (Å²) in [7, 11) is 0. The van der Waals surface area contributed by atoms with E-state index in [1.165, 1.54) is 4.90 Å². The zero-order valence-corrected chi connectivity index (χ0v) is 11.4. The first-order valence-electron chi connectivity index (χ1n) is 4.60. The molecule has 0 saturated heterocycles. The summed E-state index contributed by atoms with van der Waals surface area (Å²) in [6, 6.07) is 9.74. The molecule has 1 heterocycles. The average Bonchev–Trinajstić information content (AvgIpc) is 2.28. The third-order valence-corrected chi connectivity index (χ3v) is 4.10. The molecule has 0 aliphatic carbocycles. The van der Waals surface area contributed by atoms with Crippen molar-refractivity contribution in [2.75, 3.05) is 0 Å². The van der Waals surface area contributed by atoms with Gasteiger partial charge in [0.25, 0.3) is 0 Å². The van der Waals surface area contributed by atoms with Gasteiger partial charge in [-0.15, -0.1) is 11.8 Å². The Morgan fingerprint density at radius 2 is 2.06 bits per heavy atom. The van der Waals surface area contributed by atoms with Gasteiger partial charge in [-0.2, -0.15) is 0 Å². The predicted octanol–water partition coefficient (Wildman–Crippen LogP) is 4.18. The molecule has 1 aromatic heterocycles. The highest BCUT2D eigenvalue weighted by molar-refractivity contribution is 9.10. The first-order valence-corrected chi connectivity index (χ1v) is 6.76. The number of hydrogen-bond donors (Lipinski definition) is 0. The number of thioether (sulfide) groups is 1. The van der Waals surface area contributed by atoms with E-state index in [-0.39, 0.29) is 0 Å². The summed E-state index contributed by atoms with van der Waals surface area (Å²) in [5.41, 5.74) is 0. The molecule has 0 radical (unpaired) electrons. The van der Waals surface area contributed by atoms with Crippen LogP contribution in [0.4, 0.5) is 0 Å². The SMILES string of the molecule is Clc1ccnc(CSc2ccccc2Br)n1. The van der Waals surface area contributed by atoms with E-state index >= 15 is 0 Å².